The monoisotopic (exact) mass is 194 g/mol. The van der Waals surface area contributed by atoms with Crippen molar-refractivity contribution in [3.8, 4) is 0 Å². The molecule has 0 aromatic rings. The van der Waals surface area contributed by atoms with Crippen molar-refractivity contribution in [3.05, 3.63) is 0 Å². The smallest absolute Gasteiger partial charge is 0.0604 e. The topological polar surface area (TPSA) is 20.2 Å². The van der Waals surface area contributed by atoms with Gasteiger partial charge < -0.3 is 5.11 Å². The first-order valence-corrected chi connectivity index (χ1v) is 3.91. The fraction of sp³-hybridized carbons (Fsp3) is 1.00. The molecule has 56 valence electrons. The van der Waals surface area contributed by atoms with Crippen LogP contribution in [0.15, 0.2) is 0 Å². The maximum absolute atomic E-state index is 9.32. The summed E-state index contributed by atoms with van der Waals surface area (Å²) in [4.78, 5) is 0. The molecule has 1 nitrogen and oxygen atoms in total. The summed E-state index contributed by atoms with van der Waals surface area (Å²) in [7, 11) is 0. The van der Waals surface area contributed by atoms with Gasteiger partial charge in [-0.3, -0.25) is 0 Å². The van der Waals surface area contributed by atoms with Gasteiger partial charge in [-0.1, -0.05) is 15.9 Å². The maximum atomic E-state index is 9.32. The summed E-state index contributed by atoms with van der Waals surface area (Å²) in [5.74, 6) is 0. The maximum Gasteiger partial charge on any atom is 0.0604 e. The van der Waals surface area contributed by atoms with Crippen molar-refractivity contribution in [2.45, 2.75) is 44.0 Å². The molecule has 0 rings (SSSR count). The predicted octanol–water partition coefficient (Wildman–Crippen LogP) is 2.32. The average Bonchev–Trinajstić information content (AvgIpc) is 1.14. The molecule has 0 unspecified atom stereocenters. The van der Waals surface area contributed by atoms with Crippen LogP contribution in [-0.2, 0) is 0 Å². The highest BCUT2D eigenvalue weighted by Gasteiger charge is 2.23. The van der Waals surface area contributed by atoms with E-state index in [1.165, 1.54) is 0 Å². The zero-order chi connectivity index (χ0) is 7.71. The third-order valence-electron chi connectivity index (χ3n) is 0.853. The van der Waals surface area contributed by atoms with Gasteiger partial charge in [0.25, 0.3) is 0 Å². The van der Waals surface area contributed by atoms with E-state index in [0.717, 1.165) is 6.42 Å². The molecule has 0 radical (unpaired) electrons. The first-order valence-electron chi connectivity index (χ1n) is 3.12. The van der Waals surface area contributed by atoms with E-state index in [-0.39, 0.29) is 4.32 Å². The van der Waals surface area contributed by atoms with Crippen molar-refractivity contribution in [1.82, 2.24) is 0 Å². The molecular weight excluding hydrogens is 180 g/mol. The number of halogens is 1. The lowest BCUT2D eigenvalue weighted by atomic mass is 9.96. The molecule has 0 aliphatic heterocycles. The van der Waals surface area contributed by atoms with E-state index < -0.39 is 5.60 Å². The molecule has 0 heterocycles. The highest BCUT2D eigenvalue weighted by Crippen LogP contribution is 2.26. The van der Waals surface area contributed by atoms with E-state index in [1.54, 1.807) is 0 Å². The Morgan fingerprint density at radius 2 is 1.56 bits per heavy atom. The third kappa shape index (κ3) is 8.44. The van der Waals surface area contributed by atoms with Crippen LogP contribution in [-0.4, -0.2) is 15.0 Å². The summed E-state index contributed by atoms with van der Waals surface area (Å²) in [6, 6.07) is 0. The Morgan fingerprint density at radius 1 is 1.22 bits per heavy atom. The van der Waals surface area contributed by atoms with Crippen LogP contribution in [0.4, 0.5) is 0 Å². The SMILES string of the molecule is CC(C)(O)CC(C)(C)Br. The Hall–Kier alpha value is 0.440. The van der Waals surface area contributed by atoms with Crippen LogP contribution in [0.1, 0.15) is 34.1 Å². The molecule has 2 heteroatoms. The fourth-order valence-corrected chi connectivity index (χ4v) is 1.71. The Labute approximate surface area is 65.6 Å². The van der Waals surface area contributed by atoms with Crippen LogP contribution in [0, 0.1) is 0 Å². The Morgan fingerprint density at radius 3 is 1.56 bits per heavy atom. The Bertz CT molecular complexity index is 74.1. The summed E-state index contributed by atoms with van der Waals surface area (Å²) in [6.45, 7) is 7.72. The summed E-state index contributed by atoms with van der Waals surface area (Å²) < 4.78 is 0.0469. The van der Waals surface area contributed by atoms with Gasteiger partial charge in [-0.15, -0.1) is 0 Å². The molecule has 1 N–H and O–H groups in total. The minimum absolute atomic E-state index is 0.0469. The summed E-state index contributed by atoms with van der Waals surface area (Å²) >= 11 is 3.45. The predicted molar refractivity (Wildman–Crippen MR) is 43.9 cm³/mol. The van der Waals surface area contributed by atoms with Crippen LogP contribution < -0.4 is 0 Å². The average molecular weight is 195 g/mol. The lowest BCUT2D eigenvalue weighted by molar-refractivity contribution is 0.0637. The normalized spacial score (nSPS) is 14.0. The van der Waals surface area contributed by atoms with Gasteiger partial charge in [-0.05, 0) is 34.1 Å². The summed E-state index contributed by atoms with van der Waals surface area (Å²) in [5.41, 5.74) is -0.562. The number of alkyl halides is 1. The fourth-order valence-electron chi connectivity index (χ4n) is 1.03. The number of rotatable bonds is 2. The first-order chi connectivity index (χ1) is 3.71. The van der Waals surface area contributed by atoms with Crippen molar-refractivity contribution in [3.63, 3.8) is 0 Å². The molecule has 0 aromatic heterocycles. The molecule has 0 fully saturated rings. The molecule has 0 saturated carbocycles. The summed E-state index contributed by atoms with van der Waals surface area (Å²) in [5, 5.41) is 9.32. The molecule has 0 aliphatic rings. The van der Waals surface area contributed by atoms with Crippen LogP contribution in [0.5, 0.6) is 0 Å². The van der Waals surface area contributed by atoms with Crippen molar-refractivity contribution in [2.75, 3.05) is 0 Å². The van der Waals surface area contributed by atoms with Gasteiger partial charge in [0.2, 0.25) is 0 Å². The highest BCUT2D eigenvalue weighted by molar-refractivity contribution is 9.10. The van der Waals surface area contributed by atoms with E-state index in [9.17, 15) is 5.11 Å². The van der Waals surface area contributed by atoms with Crippen LogP contribution >= 0.6 is 15.9 Å². The zero-order valence-electron chi connectivity index (χ0n) is 6.53. The second kappa shape index (κ2) is 2.59. The number of hydrogen-bond donors (Lipinski definition) is 1. The van der Waals surface area contributed by atoms with Gasteiger partial charge in [0, 0.05) is 4.32 Å². The van der Waals surface area contributed by atoms with Crippen LogP contribution in [0.2, 0.25) is 0 Å². The Kier molecular flexibility index (Phi) is 2.71. The zero-order valence-corrected chi connectivity index (χ0v) is 8.12. The molecule has 0 saturated heterocycles. The minimum atomic E-state index is -0.562. The van der Waals surface area contributed by atoms with Crippen molar-refractivity contribution in [1.29, 1.82) is 0 Å². The van der Waals surface area contributed by atoms with Gasteiger partial charge in [0.1, 0.15) is 0 Å². The van der Waals surface area contributed by atoms with Gasteiger partial charge >= 0.3 is 0 Å². The van der Waals surface area contributed by atoms with Crippen molar-refractivity contribution in [2.24, 2.45) is 0 Å². The number of hydrogen-bond acceptors (Lipinski definition) is 1. The van der Waals surface area contributed by atoms with Gasteiger partial charge in [-0.2, -0.15) is 0 Å². The lowest BCUT2D eigenvalue weighted by Gasteiger charge is -2.25. The molecule has 0 aromatic carbocycles. The van der Waals surface area contributed by atoms with E-state index >= 15 is 0 Å². The highest BCUT2D eigenvalue weighted by atomic mass is 79.9. The molecule has 0 amide bonds. The largest absolute Gasteiger partial charge is 0.390 e. The molecule has 9 heavy (non-hydrogen) atoms. The molecule has 0 spiro atoms. The Balaban J connectivity index is 3.75. The van der Waals surface area contributed by atoms with Gasteiger partial charge in [0.15, 0.2) is 0 Å². The second-order valence-corrected chi connectivity index (χ2v) is 5.85. The van der Waals surface area contributed by atoms with Gasteiger partial charge in [0.05, 0.1) is 5.60 Å². The summed E-state index contributed by atoms with van der Waals surface area (Å²) in [6.07, 6.45) is 0.764. The van der Waals surface area contributed by atoms with Crippen LogP contribution in [0.3, 0.4) is 0 Å². The van der Waals surface area contributed by atoms with E-state index in [1.807, 2.05) is 27.7 Å². The molecule has 0 atom stereocenters. The quantitative estimate of drug-likeness (QED) is 0.670. The minimum Gasteiger partial charge on any atom is -0.390 e. The molecular formula is C7H15BrO. The van der Waals surface area contributed by atoms with Crippen molar-refractivity contribution < 1.29 is 5.11 Å². The van der Waals surface area contributed by atoms with E-state index in [0.29, 0.717) is 0 Å². The molecule has 0 bridgehead atoms. The van der Waals surface area contributed by atoms with Gasteiger partial charge in [-0.25, -0.2) is 0 Å². The van der Waals surface area contributed by atoms with Crippen LogP contribution in [0.25, 0.3) is 0 Å². The molecule has 0 aliphatic carbocycles. The second-order valence-electron chi connectivity index (χ2n) is 3.71. The lowest BCUT2D eigenvalue weighted by Crippen LogP contribution is -2.28. The van der Waals surface area contributed by atoms with E-state index in [4.69, 9.17) is 0 Å². The van der Waals surface area contributed by atoms with E-state index in [2.05, 4.69) is 15.9 Å². The first kappa shape index (κ1) is 9.44. The third-order valence-corrected chi connectivity index (χ3v) is 1.13. The van der Waals surface area contributed by atoms with Crippen molar-refractivity contribution >= 4 is 15.9 Å². The standard InChI is InChI=1S/C7H15BrO/c1-6(2,8)5-7(3,4)9/h9H,5H2,1-4H3. The number of aliphatic hydroxyl groups is 1.